The maximum Gasteiger partial charge on any atom is 0.125 e. The van der Waals surface area contributed by atoms with Crippen molar-refractivity contribution in [2.24, 2.45) is 0 Å². The molecule has 0 bridgehead atoms. The fraction of sp³-hybridized carbons (Fsp3) is 0.200. The third kappa shape index (κ3) is 2.46. The second-order valence-corrected chi connectivity index (χ2v) is 5.37. The van der Waals surface area contributed by atoms with Gasteiger partial charge in [0.15, 0.2) is 0 Å². The first-order chi connectivity index (χ1) is 10.8. The number of aliphatic hydroxyl groups is 1. The lowest BCUT2D eigenvalue weighted by Gasteiger charge is -2.19. The molecule has 112 valence electrons. The molecular formula is C20H20O2. The summed E-state index contributed by atoms with van der Waals surface area (Å²) in [5.74, 6) is 0.736. The molecule has 3 rings (SSSR count). The molecule has 0 spiro atoms. The van der Waals surface area contributed by atoms with Crippen LogP contribution < -0.4 is 4.74 Å². The molecule has 1 atom stereocenters. The third-order valence-electron chi connectivity index (χ3n) is 4.09. The van der Waals surface area contributed by atoms with Crippen LogP contribution in [-0.2, 0) is 0 Å². The van der Waals surface area contributed by atoms with E-state index in [1.165, 1.54) is 10.8 Å². The standard InChI is InChI=1S/C20H20O2/c1-3-18(21)20-17(12-7-13-19(20)22-2)16-11-6-9-14-8-4-5-10-15(14)16/h4-13,18,21H,3H2,1-2H3/t18-/m0/s1. The second kappa shape index (κ2) is 6.20. The van der Waals surface area contributed by atoms with Crippen LogP contribution in [0.15, 0.2) is 60.7 Å². The average Bonchev–Trinajstić information content (AvgIpc) is 2.59. The number of hydrogen-bond acceptors (Lipinski definition) is 2. The maximum absolute atomic E-state index is 10.5. The van der Waals surface area contributed by atoms with Gasteiger partial charge in [-0.05, 0) is 34.4 Å². The van der Waals surface area contributed by atoms with E-state index in [-0.39, 0.29) is 0 Å². The molecule has 3 aromatic carbocycles. The van der Waals surface area contributed by atoms with Gasteiger partial charge in [0.2, 0.25) is 0 Å². The van der Waals surface area contributed by atoms with Crippen LogP contribution in [0.5, 0.6) is 5.75 Å². The smallest absolute Gasteiger partial charge is 0.125 e. The highest BCUT2D eigenvalue weighted by atomic mass is 16.5. The Labute approximate surface area is 131 Å². The van der Waals surface area contributed by atoms with Crippen LogP contribution in [0.25, 0.3) is 21.9 Å². The Balaban J connectivity index is 2.31. The Bertz CT molecular complexity index is 787. The van der Waals surface area contributed by atoms with Crippen LogP contribution in [0.4, 0.5) is 0 Å². The van der Waals surface area contributed by atoms with E-state index in [1.54, 1.807) is 7.11 Å². The molecule has 0 aliphatic heterocycles. The fourth-order valence-corrected chi connectivity index (χ4v) is 2.96. The van der Waals surface area contributed by atoms with Crippen LogP contribution in [0.1, 0.15) is 25.0 Å². The number of rotatable bonds is 4. The first kappa shape index (κ1) is 14.6. The van der Waals surface area contributed by atoms with Gasteiger partial charge in [-0.25, -0.2) is 0 Å². The molecule has 0 amide bonds. The minimum atomic E-state index is -0.537. The van der Waals surface area contributed by atoms with E-state index in [1.807, 2.05) is 31.2 Å². The van der Waals surface area contributed by atoms with E-state index in [0.717, 1.165) is 22.4 Å². The van der Waals surface area contributed by atoms with Crippen molar-refractivity contribution in [3.63, 3.8) is 0 Å². The van der Waals surface area contributed by atoms with Crippen LogP contribution >= 0.6 is 0 Å². The Morgan fingerprint density at radius 3 is 2.36 bits per heavy atom. The third-order valence-corrected chi connectivity index (χ3v) is 4.09. The predicted octanol–water partition coefficient (Wildman–Crippen LogP) is 4.96. The normalized spacial score (nSPS) is 12.3. The molecule has 2 heteroatoms. The molecule has 0 aliphatic rings. The topological polar surface area (TPSA) is 29.5 Å². The van der Waals surface area contributed by atoms with Crippen LogP contribution in [-0.4, -0.2) is 12.2 Å². The van der Waals surface area contributed by atoms with Crippen molar-refractivity contribution < 1.29 is 9.84 Å². The summed E-state index contributed by atoms with van der Waals surface area (Å²) in [4.78, 5) is 0. The lowest BCUT2D eigenvalue weighted by molar-refractivity contribution is 0.170. The Hall–Kier alpha value is -2.32. The van der Waals surface area contributed by atoms with Crippen LogP contribution in [0.2, 0.25) is 0 Å². The highest BCUT2D eigenvalue weighted by Gasteiger charge is 2.18. The van der Waals surface area contributed by atoms with Crippen LogP contribution in [0.3, 0.4) is 0 Å². The highest BCUT2D eigenvalue weighted by Crippen LogP contribution is 2.39. The Kier molecular flexibility index (Phi) is 4.12. The summed E-state index contributed by atoms with van der Waals surface area (Å²) >= 11 is 0. The van der Waals surface area contributed by atoms with Gasteiger partial charge in [0.25, 0.3) is 0 Å². The van der Waals surface area contributed by atoms with Gasteiger partial charge in [-0.15, -0.1) is 0 Å². The molecule has 0 saturated carbocycles. The van der Waals surface area contributed by atoms with Crippen molar-refractivity contribution in [2.45, 2.75) is 19.4 Å². The van der Waals surface area contributed by atoms with E-state index in [4.69, 9.17) is 4.74 Å². The SMILES string of the molecule is CC[C@H](O)c1c(OC)cccc1-c1cccc2ccccc12. The van der Waals surface area contributed by atoms with Crippen molar-refractivity contribution >= 4 is 10.8 Å². The van der Waals surface area contributed by atoms with Crippen molar-refractivity contribution in [1.29, 1.82) is 0 Å². The van der Waals surface area contributed by atoms with Crippen molar-refractivity contribution in [3.05, 3.63) is 66.2 Å². The zero-order chi connectivity index (χ0) is 15.5. The van der Waals surface area contributed by atoms with Gasteiger partial charge < -0.3 is 9.84 Å². The van der Waals surface area contributed by atoms with Crippen molar-refractivity contribution in [3.8, 4) is 16.9 Å². The summed E-state index contributed by atoms with van der Waals surface area (Å²) in [5.41, 5.74) is 3.02. The van der Waals surface area contributed by atoms with Gasteiger partial charge in [-0.2, -0.15) is 0 Å². The van der Waals surface area contributed by atoms with E-state index in [0.29, 0.717) is 6.42 Å². The average molecular weight is 292 g/mol. The molecule has 0 unspecified atom stereocenters. The quantitative estimate of drug-likeness (QED) is 0.736. The van der Waals surface area contributed by atoms with Crippen molar-refractivity contribution in [2.75, 3.05) is 7.11 Å². The minimum Gasteiger partial charge on any atom is -0.496 e. The lowest BCUT2D eigenvalue weighted by Crippen LogP contribution is -2.02. The number of hydrogen-bond donors (Lipinski definition) is 1. The number of ether oxygens (including phenoxy) is 1. The summed E-state index contributed by atoms with van der Waals surface area (Å²) in [6.07, 6.45) is 0.114. The molecule has 0 aliphatic carbocycles. The second-order valence-electron chi connectivity index (χ2n) is 5.37. The number of aliphatic hydroxyl groups excluding tert-OH is 1. The fourth-order valence-electron chi connectivity index (χ4n) is 2.96. The molecular weight excluding hydrogens is 272 g/mol. The first-order valence-corrected chi connectivity index (χ1v) is 7.59. The van der Waals surface area contributed by atoms with Gasteiger partial charge in [0, 0.05) is 5.56 Å². The van der Waals surface area contributed by atoms with Gasteiger partial charge in [0.05, 0.1) is 13.2 Å². The number of methoxy groups -OCH3 is 1. The zero-order valence-corrected chi connectivity index (χ0v) is 12.9. The molecule has 3 aromatic rings. The molecule has 0 aromatic heterocycles. The molecule has 0 heterocycles. The summed E-state index contributed by atoms with van der Waals surface area (Å²) in [6.45, 7) is 1.98. The molecule has 2 nitrogen and oxygen atoms in total. The largest absolute Gasteiger partial charge is 0.496 e. The summed E-state index contributed by atoms with van der Waals surface area (Å²) in [6, 6.07) is 20.5. The Morgan fingerprint density at radius 1 is 0.909 bits per heavy atom. The minimum absolute atomic E-state index is 0.537. The Morgan fingerprint density at radius 2 is 1.59 bits per heavy atom. The van der Waals surface area contributed by atoms with Gasteiger partial charge in [-0.3, -0.25) is 0 Å². The molecule has 22 heavy (non-hydrogen) atoms. The monoisotopic (exact) mass is 292 g/mol. The molecule has 0 saturated heterocycles. The van der Waals surface area contributed by atoms with E-state index >= 15 is 0 Å². The summed E-state index contributed by atoms with van der Waals surface area (Å²) in [7, 11) is 1.65. The number of fused-ring (bicyclic) bond motifs is 1. The maximum atomic E-state index is 10.5. The van der Waals surface area contributed by atoms with E-state index < -0.39 is 6.10 Å². The van der Waals surface area contributed by atoms with Gasteiger partial charge in [-0.1, -0.05) is 61.5 Å². The predicted molar refractivity (Wildman–Crippen MR) is 91.2 cm³/mol. The molecule has 0 radical (unpaired) electrons. The van der Waals surface area contributed by atoms with Crippen LogP contribution in [0, 0.1) is 0 Å². The van der Waals surface area contributed by atoms with Crippen molar-refractivity contribution in [1.82, 2.24) is 0 Å². The van der Waals surface area contributed by atoms with E-state index in [2.05, 4.69) is 36.4 Å². The summed E-state index contributed by atoms with van der Waals surface area (Å²) in [5, 5.41) is 12.9. The highest BCUT2D eigenvalue weighted by molar-refractivity contribution is 5.97. The van der Waals surface area contributed by atoms with Gasteiger partial charge in [0.1, 0.15) is 5.75 Å². The first-order valence-electron chi connectivity index (χ1n) is 7.59. The zero-order valence-electron chi connectivity index (χ0n) is 12.9. The molecule has 0 fully saturated rings. The van der Waals surface area contributed by atoms with Gasteiger partial charge >= 0.3 is 0 Å². The summed E-state index contributed by atoms with van der Waals surface area (Å²) < 4.78 is 5.48. The molecule has 1 N–H and O–H groups in total. The van der Waals surface area contributed by atoms with E-state index in [9.17, 15) is 5.11 Å². The number of benzene rings is 3. The lowest BCUT2D eigenvalue weighted by atomic mass is 9.91.